The molecule has 2 aromatic heterocycles. The molecular formula is C24H30N4O5S2. The van der Waals surface area contributed by atoms with Crippen LogP contribution < -0.4 is 10.0 Å². The van der Waals surface area contributed by atoms with E-state index in [1.165, 1.54) is 23.8 Å². The number of ether oxygens (including phenoxy) is 1. The molecule has 0 atom stereocenters. The number of benzene rings is 1. The van der Waals surface area contributed by atoms with Gasteiger partial charge in [-0.1, -0.05) is 13.0 Å². The summed E-state index contributed by atoms with van der Waals surface area (Å²) in [6, 6.07) is 5.27. The third-order valence-corrected chi connectivity index (χ3v) is 8.59. The molecule has 0 spiro atoms. The lowest BCUT2D eigenvalue weighted by Crippen LogP contribution is -2.38. The SMILES string of the molecule is CCNS(=O)(=O)c1cc(-c2ncco2)ccc1-c1cnc([C@H]2CC[C@H](NC(=O)OC(C)C)CC2)s1. The van der Waals surface area contributed by atoms with Crippen LogP contribution in [0.3, 0.4) is 0 Å². The number of rotatable bonds is 8. The molecule has 35 heavy (non-hydrogen) atoms. The Labute approximate surface area is 209 Å². The van der Waals surface area contributed by atoms with Gasteiger partial charge < -0.3 is 14.5 Å². The Bertz CT molecular complexity index is 1250. The van der Waals surface area contributed by atoms with Gasteiger partial charge in [0, 0.05) is 35.8 Å². The fourth-order valence-electron chi connectivity index (χ4n) is 4.22. The Morgan fingerprint density at radius 2 is 2.00 bits per heavy atom. The second-order valence-electron chi connectivity index (χ2n) is 8.76. The minimum atomic E-state index is -3.74. The molecule has 1 amide bonds. The molecule has 0 saturated heterocycles. The average Bonchev–Trinajstić information content (AvgIpc) is 3.51. The van der Waals surface area contributed by atoms with Crippen molar-refractivity contribution in [3.8, 4) is 21.9 Å². The molecule has 188 valence electrons. The summed E-state index contributed by atoms with van der Waals surface area (Å²) < 4.78 is 39.2. The predicted molar refractivity (Wildman–Crippen MR) is 134 cm³/mol. The number of carbonyl (C=O) groups excluding carboxylic acids is 1. The molecule has 11 heteroatoms. The number of nitrogens with zero attached hydrogens (tertiary/aromatic N) is 2. The summed E-state index contributed by atoms with van der Waals surface area (Å²) in [5, 5.41) is 3.92. The van der Waals surface area contributed by atoms with Gasteiger partial charge >= 0.3 is 6.09 Å². The third kappa shape index (κ3) is 6.09. The monoisotopic (exact) mass is 518 g/mol. The van der Waals surface area contributed by atoms with Crippen molar-refractivity contribution in [2.75, 3.05) is 6.54 Å². The number of carbonyl (C=O) groups is 1. The molecule has 0 aliphatic heterocycles. The molecule has 4 rings (SSSR count). The van der Waals surface area contributed by atoms with Crippen LogP contribution in [0.15, 0.2) is 46.2 Å². The lowest BCUT2D eigenvalue weighted by Gasteiger charge is -2.28. The quantitative estimate of drug-likeness (QED) is 0.434. The van der Waals surface area contributed by atoms with Crippen molar-refractivity contribution in [2.24, 2.45) is 0 Å². The van der Waals surface area contributed by atoms with Gasteiger partial charge in [0.15, 0.2) is 0 Å². The molecule has 0 unspecified atom stereocenters. The highest BCUT2D eigenvalue weighted by molar-refractivity contribution is 7.89. The number of hydrogen-bond acceptors (Lipinski definition) is 8. The minimum Gasteiger partial charge on any atom is -0.447 e. The first kappa shape index (κ1) is 25.3. The Kier molecular flexibility index (Phi) is 7.88. The van der Waals surface area contributed by atoms with Gasteiger partial charge in [0.2, 0.25) is 15.9 Å². The number of alkyl carbamates (subject to hydrolysis) is 1. The smallest absolute Gasteiger partial charge is 0.407 e. The van der Waals surface area contributed by atoms with Gasteiger partial charge in [-0.3, -0.25) is 0 Å². The van der Waals surface area contributed by atoms with E-state index in [9.17, 15) is 13.2 Å². The standard InChI is InChI=1S/C24H30N4O5S2/c1-4-27-35(30,31)21-13-17(22-25-11-12-32-22)7-10-19(21)20-14-26-23(34-20)16-5-8-18(9-6-16)28-24(29)33-15(2)3/h7,10-16,18,27H,4-6,8-9H2,1-3H3,(H,28,29)/t16-,18-. The van der Waals surface area contributed by atoms with Gasteiger partial charge in [0.1, 0.15) is 6.26 Å². The summed E-state index contributed by atoms with van der Waals surface area (Å²) in [4.78, 5) is 21.6. The highest BCUT2D eigenvalue weighted by atomic mass is 32.2. The molecule has 1 saturated carbocycles. The van der Waals surface area contributed by atoms with Crippen molar-refractivity contribution >= 4 is 27.5 Å². The highest BCUT2D eigenvalue weighted by Gasteiger charge is 2.27. The van der Waals surface area contributed by atoms with Crippen LogP contribution in [-0.4, -0.2) is 43.2 Å². The molecule has 1 aromatic carbocycles. The summed E-state index contributed by atoms with van der Waals surface area (Å²) in [5.74, 6) is 0.630. The van der Waals surface area contributed by atoms with Crippen molar-refractivity contribution in [3.05, 3.63) is 41.9 Å². The van der Waals surface area contributed by atoms with Gasteiger partial charge in [-0.25, -0.2) is 27.9 Å². The molecule has 2 N–H and O–H groups in total. The van der Waals surface area contributed by atoms with Crippen molar-refractivity contribution in [3.63, 3.8) is 0 Å². The van der Waals surface area contributed by atoms with Gasteiger partial charge in [-0.05, 0) is 51.7 Å². The summed E-state index contributed by atoms with van der Waals surface area (Å²) in [6.07, 6.45) is 7.68. The van der Waals surface area contributed by atoms with E-state index < -0.39 is 10.0 Å². The number of nitrogens with one attached hydrogen (secondary N) is 2. The van der Waals surface area contributed by atoms with Crippen molar-refractivity contribution in [1.82, 2.24) is 20.0 Å². The van der Waals surface area contributed by atoms with E-state index in [4.69, 9.17) is 9.15 Å². The summed E-state index contributed by atoms with van der Waals surface area (Å²) in [7, 11) is -3.74. The molecule has 0 bridgehead atoms. The van der Waals surface area contributed by atoms with Crippen LogP contribution in [-0.2, 0) is 14.8 Å². The van der Waals surface area contributed by atoms with Crippen molar-refractivity contribution in [2.45, 2.75) is 69.4 Å². The van der Waals surface area contributed by atoms with E-state index in [2.05, 4.69) is 20.0 Å². The van der Waals surface area contributed by atoms with Crippen molar-refractivity contribution in [1.29, 1.82) is 0 Å². The van der Waals surface area contributed by atoms with Crippen LogP contribution in [0.4, 0.5) is 4.79 Å². The first-order valence-electron chi connectivity index (χ1n) is 11.7. The Morgan fingerprint density at radius 1 is 1.23 bits per heavy atom. The Hall–Kier alpha value is -2.76. The zero-order valence-electron chi connectivity index (χ0n) is 20.0. The molecule has 3 aromatic rings. The van der Waals surface area contributed by atoms with E-state index in [1.807, 2.05) is 13.8 Å². The van der Waals surface area contributed by atoms with Crippen LogP contribution >= 0.6 is 11.3 Å². The Morgan fingerprint density at radius 3 is 2.66 bits per heavy atom. The zero-order chi connectivity index (χ0) is 25.0. The number of sulfonamides is 1. The van der Waals surface area contributed by atoms with Crippen LogP contribution in [0.25, 0.3) is 21.9 Å². The molecule has 9 nitrogen and oxygen atoms in total. The van der Waals surface area contributed by atoms with E-state index in [0.29, 0.717) is 17.0 Å². The first-order chi connectivity index (χ1) is 16.8. The van der Waals surface area contributed by atoms with Gasteiger partial charge in [-0.2, -0.15) is 0 Å². The lowest BCUT2D eigenvalue weighted by molar-refractivity contribution is 0.109. The van der Waals surface area contributed by atoms with Gasteiger partial charge in [0.05, 0.1) is 27.1 Å². The number of hydrogen-bond donors (Lipinski definition) is 2. The molecule has 0 radical (unpaired) electrons. The van der Waals surface area contributed by atoms with E-state index in [-0.39, 0.29) is 35.6 Å². The third-order valence-electron chi connectivity index (χ3n) is 5.81. The number of amides is 1. The first-order valence-corrected chi connectivity index (χ1v) is 14.0. The fourth-order valence-corrected chi connectivity index (χ4v) is 6.69. The molecular weight excluding hydrogens is 488 g/mol. The Balaban J connectivity index is 1.53. The summed E-state index contributed by atoms with van der Waals surface area (Å²) >= 11 is 1.51. The zero-order valence-corrected chi connectivity index (χ0v) is 21.6. The maximum absolute atomic E-state index is 13.0. The number of thiazole rings is 1. The van der Waals surface area contributed by atoms with Crippen LogP contribution in [0.2, 0.25) is 0 Å². The molecule has 1 fully saturated rings. The lowest BCUT2D eigenvalue weighted by atomic mass is 9.86. The molecule has 1 aliphatic rings. The predicted octanol–water partition coefficient (Wildman–Crippen LogP) is 4.92. The molecule has 2 heterocycles. The van der Waals surface area contributed by atoms with E-state index in [1.54, 1.807) is 31.3 Å². The van der Waals surface area contributed by atoms with Crippen molar-refractivity contribution < 1.29 is 22.4 Å². The van der Waals surface area contributed by atoms with Crippen LogP contribution in [0.1, 0.15) is 57.4 Å². The average molecular weight is 519 g/mol. The second-order valence-corrected chi connectivity index (χ2v) is 11.6. The topological polar surface area (TPSA) is 123 Å². The normalized spacial score (nSPS) is 18.5. The molecule has 1 aliphatic carbocycles. The second kappa shape index (κ2) is 10.9. The summed E-state index contributed by atoms with van der Waals surface area (Å²) in [6.45, 7) is 5.68. The van der Waals surface area contributed by atoms with Crippen LogP contribution in [0, 0.1) is 0 Å². The maximum Gasteiger partial charge on any atom is 0.407 e. The largest absolute Gasteiger partial charge is 0.447 e. The highest BCUT2D eigenvalue weighted by Crippen LogP contribution is 2.40. The summed E-state index contributed by atoms with van der Waals surface area (Å²) in [5.41, 5.74) is 1.18. The minimum absolute atomic E-state index is 0.0940. The fraction of sp³-hybridized carbons (Fsp3) is 0.458. The van der Waals surface area contributed by atoms with E-state index >= 15 is 0 Å². The van der Waals surface area contributed by atoms with Gasteiger partial charge in [0.25, 0.3) is 0 Å². The number of oxazole rings is 1. The van der Waals surface area contributed by atoms with Crippen LogP contribution in [0.5, 0.6) is 0 Å². The number of aromatic nitrogens is 2. The van der Waals surface area contributed by atoms with E-state index in [0.717, 1.165) is 35.6 Å². The van der Waals surface area contributed by atoms with Gasteiger partial charge in [-0.15, -0.1) is 11.3 Å². The maximum atomic E-state index is 13.0.